The molecule has 6 aromatic rings. The van der Waals surface area contributed by atoms with Crippen molar-refractivity contribution in [2.24, 2.45) is 5.92 Å². The Morgan fingerprint density at radius 2 is 1.78 bits per heavy atom. The van der Waals surface area contributed by atoms with E-state index in [0.29, 0.717) is 35.9 Å². The Hall–Kier alpha value is -6.31. The first-order valence-corrected chi connectivity index (χ1v) is 22.5. The van der Waals surface area contributed by atoms with Crippen LogP contribution in [-0.2, 0) is 19.1 Å². The maximum Gasteiger partial charge on any atom is 0.284 e. The Morgan fingerprint density at radius 1 is 0.954 bits per heavy atom. The number of imide groups is 1. The van der Waals surface area contributed by atoms with Gasteiger partial charge in [0.1, 0.15) is 17.0 Å². The summed E-state index contributed by atoms with van der Waals surface area (Å²) >= 11 is 0. The molecule has 1 aliphatic carbocycles. The predicted molar refractivity (Wildman–Crippen MR) is 235 cm³/mol. The largest absolute Gasteiger partial charge is 0.464 e. The predicted octanol–water partition coefficient (Wildman–Crippen LogP) is 5.50. The molecule has 11 rings (SSSR count). The van der Waals surface area contributed by atoms with E-state index >= 15 is 0 Å². The average molecular weight is 890 g/mol. The summed E-state index contributed by atoms with van der Waals surface area (Å²) in [5.74, 6) is -0.539. The van der Waals surface area contributed by atoms with E-state index in [1.165, 1.54) is 16.9 Å². The SMILES string of the molecule is O=C1CCC(c2coc3ccc4cc(NC(=O)CN5CCN(CC6CCC(n7cc(NC(=O)c8cnn9ccc(N%10CC%11CC%10CO%11)nc89)c(C(F)F)n7)CC6)CC5)ccc4c23)C(=O)N1. The van der Waals surface area contributed by atoms with Gasteiger partial charge in [-0.1, -0.05) is 12.1 Å². The van der Waals surface area contributed by atoms with E-state index in [-0.39, 0.29) is 60.1 Å². The molecule has 5 aliphatic rings. The normalized spacial score (nSPS) is 24.2. The van der Waals surface area contributed by atoms with E-state index in [1.807, 2.05) is 36.4 Å². The number of carbonyl (C=O) groups is 4. The second kappa shape index (κ2) is 16.9. The summed E-state index contributed by atoms with van der Waals surface area (Å²) in [6, 6.07) is 11.6. The molecule has 3 unspecified atom stereocenters. The van der Waals surface area contributed by atoms with Crippen LogP contribution in [0.15, 0.2) is 65.7 Å². The minimum absolute atomic E-state index is 0.0151. The maximum absolute atomic E-state index is 14.3. The molecular formula is C46H49F2N11O6. The number of morpholine rings is 1. The molecular weight excluding hydrogens is 841 g/mol. The highest BCUT2D eigenvalue weighted by molar-refractivity contribution is 6.12. The lowest BCUT2D eigenvalue weighted by Gasteiger charge is -2.38. The van der Waals surface area contributed by atoms with Crippen LogP contribution in [0.4, 0.5) is 26.0 Å². The Kier molecular flexibility index (Phi) is 10.8. The maximum atomic E-state index is 14.3. The molecule has 2 bridgehead atoms. The number of halogens is 2. The second-order valence-electron chi connectivity index (χ2n) is 18.1. The van der Waals surface area contributed by atoms with Gasteiger partial charge in [0.15, 0.2) is 11.3 Å². The minimum Gasteiger partial charge on any atom is -0.464 e. The third-order valence-corrected chi connectivity index (χ3v) is 14.0. The van der Waals surface area contributed by atoms with Crippen molar-refractivity contribution >= 4 is 68.2 Å². The number of carbonyl (C=O) groups excluding carboxylic acids is 4. The first-order valence-electron chi connectivity index (χ1n) is 22.5. The molecule has 338 valence electrons. The molecule has 3 atom stereocenters. The fraction of sp³-hybridized carbons (Fsp3) is 0.457. The van der Waals surface area contributed by atoms with Crippen molar-refractivity contribution in [2.75, 3.05) is 68.0 Å². The van der Waals surface area contributed by atoms with Gasteiger partial charge in [0.25, 0.3) is 12.3 Å². The quantitative estimate of drug-likeness (QED) is 0.139. The molecule has 1 saturated carbocycles. The van der Waals surface area contributed by atoms with Crippen LogP contribution in [0.5, 0.6) is 0 Å². The topological polar surface area (TPSA) is 184 Å². The molecule has 8 heterocycles. The van der Waals surface area contributed by atoms with Crippen LogP contribution in [0.1, 0.15) is 84.9 Å². The molecule has 65 heavy (non-hydrogen) atoms. The van der Waals surface area contributed by atoms with Crippen molar-refractivity contribution in [3.63, 3.8) is 0 Å². The Balaban J connectivity index is 0.655. The van der Waals surface area contributed by atoms with E-state index in [0.717, 1.165) is 98.9 Å². The fourth-order valence-corrected chi connectivity index (χ4v) is 10.6. The Labute approximate surface area is 371 Å². The van der Waals surface area contributed by atoms with E-state index < -0.39 is 23.9 Å². The number of piperidine rings is 1. The van der Waals surface area contributed by atoms with Crippen molar-refractivity contribution in [3.8, 4) is 0 Å². The zero-order chi connectivity index (χ0) is 44.3. The number of fused-ring (bicyclic) bond motifs is 6. The number of alkyl halides is 2. The first kappa shape index (κ1) is 41.4. The molecule has 5 fully saturated rings. The highest BCUT2D eigenvalue weighted by atomic mass is 19.3. The third-order valence-electron chi connectivity index (χ3n) is 14.0. The van der Waals surface area contributed by atoms with E-state index in [1.54, 1.807) is 17.1 Å². The number of nitrogens with one attached hydrogen (secondary N) is 3. The van der Waals surface area contributed by atoms with Crippen LogP contribution in [0.3, 0.4) is 0 Å². The van der Waals surface area contributed by atoms with Crippen LogP contribution >= 0.6 is 0 Å². The standard InChI is InChI=1S/C46H49F2N11O6/c47-43(48)42-36(51-46(63)34-19-49-58-12-11-38(52-44(34)58)57-21-31-18-30(57)24-64-31)22-59(54-42)29-5-1-26(2-6-29)20-55-13-15-56(16-14-55)23-40(61)50-28-4-7-32-27(17-28)3-9-37-41(32)35(25-65-37)33-8-10-39(60)53-45(33)62/h3-4,7,9,11-12,17,19,22,25-26,29-31,33,43H,1-2,5-6,8,10,13-16,18,20-21,23-24H2,(H,50,61)(H,51,63)(H,53,60,62). The summed E-state index contributed by atoms with van der Waals surface area (Å²) in [6.45, 7) is 5.80. The van der Waals surface area contributed by atoms with Crippen molar-refractivity contribution in [3.05, 3.63) is 78.1 Å². The molecule has 2 aromatic carbocycles. The van der Waals surface area contributed by atoms with Gasteiger partial charge < -0.3 is 29.6 Å². The van der Waals surface area contributed by atoms with E-state index in [2.05, 4.69) is 40.8 Å². The summed E-state index contributed by atoms with van der Waals surface area (Å²) in [7, 11) is 0. The number of amides is 4. The van der Waals surface area contributed by atoms with Gasteiger partial charge in [-0.3, -0.25) is 34.1 Å². The number of piperazine rings is 1. The second-order valence-corrected chi connectivity index (χ2v) is 18.1. The summed E-state index contributed by atoms with van der Waals surface area (Å²) in [4.78, 5) is 62.7. The van der Waals surface area contributed by atoms with Gasteiger partial charge in [-0.15, -0.1) is 0 Å². The van der Waals surface area contributed by atoms with Crippen molar-refractivity contribution < 1.29 is 37.1 Å². The van der Waals surface area contributed by atoms with Gasteiger partial charge in [-0.2, -0.15) is 10.2 Å². The van der Waals surface area contributed by atoms with Crippen LogP contribution in [0, 0.1) is 5.92 Å². The third kappa shape index (κ3) is 8.09. The number of anilines is 3. The summed E-state index contributed by atoms with van der Waals surface area (Å²) in [6.07, 6.45) is 8.67. The number of ether oxygens (including phenoxy) is 1. The average Bonchev–Trinajstić information content (AvgIpc) is 4.16. The van der Waals surface area contributed by atoms with Crippen LogP contribution in [0.25, 0.3) is 27.4 Å². The molecule has 17 nitrogen and oxygen atoms in total. The van der Waals surface area contributed by atoms with Crippen molar-refractivity contribution in [2.45, 2.75) is 75.5 Å². The van der Waals surface area contributed by atoms with Crippen LogP contribution in [0.2, 0.25) is 0 Å². The number of rotatable bonds is 11. The summed E-state index contributed by atoms with van der Waals surface area (Å²) in [5.41, 5.74) is 2.16. The molecule has 4 aromatic heterocycles. The lowest BCUT2D eigenvalue weighted by Crippen LogP contribution is -2.49. The van der Waals surface area contributed by atoms with Gasteiger partial charge in [-0.05, 0) is 79.5 Å². The molecule has 0 spiro atoms. The summed E-state index contributed by atoms with van der Waals surface area (Å²) < 4.78 is 43.3. The van der Waals surface area contributed by atoms with E-state index in [9.17, 15) is 28.0 Å². The molecule has 3 N–H and O–H groups in total. The van der Waals surface area contributed by atoms with E-state index in [4.69, 9.17) is 14.1 Å². The number of hydrogen-bond donors (Lipinski definition) is 3. The number of benzene rings is 2. The van der Waals surface area contributed by atoms with Gasteiger partial charge in [0, 0.05) is 74.7 Å². The smallest absolute Gasteiger partial charge is 0.284 e. The Bertz CT molecular complexity index is 2830. The number of furan rings is 1. The monoisotopic (exact) mass is 889 g/mol. The fourth-order valence-electron chi connectivity index (χ4n) is 10.6. The molecule has 19 heteroatoms. The zero-order valence-electron chi connectivity index (χ0n) is 35.6. The van der Waals surface area contributed by atoms with Gasteiger partial charge >= 0.3 is 0 Å². The number of aromatic nitrogens is 5. The lowest BCUT2D eigenvalue weighted by atomic mass is 9.85. The molecule has 4 amide bonds. The molecule has 4 aliphatic heterocycles. The van der Waals surface area contributed by atoms with Crippen molar-refractivity contribution in [1.29, 1.82) is 0 Å². The lowest BCUT2D eigenvalue weighted by molar-refractivity contribution is -0.134. The Morgan fingerprint density at radius 3 is 2.55 bits per heavy atom. The number of hydrogen-bond acceptors (Lipinski definition) is 12. The van der Waals surface area contributed by atoms with Gasteiger partial charge in [0.2, 0.25) is 17.7 Å². The van der Waals surface area contributed by atoms with Crippen LogP contribution < -0.4 is 20.9 Å². The van der Waals surface area contributed by atoms with Gasteiger partial charge in [-0.25, -0.2) is 18.3 Å². The molecule has 4 saturated heterocycles. The van der Waals surface area contributed by atoms with Crippen LogP contribution in [-0.4, -0.2) is 122 Å². The first-order chi connectivity index (χ1) is 31.6. The summed E-state index contributed by atoms with van der Waals surface area (Å²) in [5, 5.41) is 19.4. The minimum atomic E-state index is -2.87. The van der Waals surface area contributed by atoms with Gasteiger partial charge in [0.05, 0.1) is 55.4 Å². The zero-order valence-corrected chi connectivity index (χ0v) is 35.6. The number of nitrogens with zero attached hydrogens (tertiary/aromatic N) is 8. The molecule has 0 radical (unpaired) electrons. The highest BCUT2D eigenvalue weighted by Crippen LogP contribution is 2.39. The van der Waals surface area contributed by atoms with Crippen molar-refractivity contribution in [1.82, 2.24) is 39.5 Å². The highest BCUT2D eigenvalue weighted by Gasteiger charge is 2.40.